The van der Waals surface area contributed by atoms with E-state index in [-0.39, 0.29) is 6.04 Å². The van der Waals surface area contributed by atoms with Crippen LogP contribution in [0.4, 0.5) is 0 Å². The first-order valence-corrected chi connectivity index (χ1v) is 7.46. The van der Waals surface area contributed by atoms with Gasteiger partial charge in [0.1, 0.15) is 5.75 Å². The van der Waals surface area contributed by atoms with Gasteiger partial charge in [0.05, 0.1) is 13.2 Å². The van der Waals surface area contributed by atoms with Gasteiger partial charge in [-0.25, -0.2) is 0 Å². The molecule has 0 aromatic heterocycles. The maximum Gasteiger partial charge on any atom is 0.119 e. The Balaban J connectivity index is 2.31. The first kappa shape index (κ1) is 14.0. The number of ether oxygens (including phenoxy) is 1. The highest BCUT2D eigenvalue weighted by Gasteiger charge is 2.12. The van der Waals surface area contributed by atoms with Crippen LogP contribution in [0.1, 0.15) is 17.2 Å². The zero-order valence-corrected chi connectivity index (χ0v) is 12.3. The summed E-state index contributed by atoms with van der Waals surface area (Å²) in [5.74, 6) is 0.887. The molecule has 0 aliphatic carbocycles. The lowest BCUT2D eigenvalue weighted by Gasteiger charge is -2.18. The van der Waals surface area contributed by atoms with Gasteiger partial charge in [-0.1, -0.05) is 24.3 Å². The summed E-state index contributed by atoms with van der Waals surface area (Å²) in [7, 11) is 3.67. The largest absolute Gasteiger partial charge is 0.497 e. The maximum absolute atomic E-state index is 5.29. The van der Waals surface area contributed by atoms with E-state index in [4.69, 9.17) is 4.74 Å². The average molecular weight is 273 g/mol. The van der Waals surface area contributed by atoms with Gasteiger partial charge in [-0.05, 0) is 48.7 Å². The molecule has 1 N–H and O–H groups in total. The fraction of sp³-hybridized carbons (Fsp3) is 0.250. The zero-order valence-electron chi connectivity index (χ0n) is 11.5. The van der Waals surface area contributed by atoms with E-state index in [2.05, 4.69) is 48.0 Å². The van der Waals surface area contributed by atoms with Crippen molar-refractivity contribution >= 4 is 11.8 Å². The van der Waals surface area contributed by atoms with E-state index in [0.717, 1.165) is 5.75 Å². The molecule has 0 amide bonds. The third-order valence-corrected chi connectivity index (χ3v) is 3.91. The topological polar surface area (TPSA) is 21.3 Å². The van der Waals surface area contributed by atoms with Crippen LogP contribution in [0.15, 0.2) is 53.4 Å². The van der Waals surface area contributed by atoms with Crippen molar-refractivity contribution in [2.45, 2.75) is 10.9 Å². The van der Waals surface area contributed by atoms with Crippen molar-refractivity contribution in [1.82, 2.24) is 5.32 Å². The van der Waals surface area contributed by atoms with Gasteiger partial charge in [-0.15, -0.1) is 11.8 Å². The van der Waals surface area contributed by atoms with Gasteiger partial charge in [0, 0.05) is 4.90 Å². The molecule has 0 heterocycles. The van der Waals surface area contributed by atoms with Gasteiger partial charge in [-0.3, -0.25) is 0 Å². The molecule has 0 aliphatic heterocycles. The van der Waals surface area contributed by atoms with Crippen molar-refractivity contribution in [3.63, 3.8) is 0 Å². The zero-order chi connectivity index (χ0) is 13.7. The van der Waals surface area contributed by atoms with Crippen LogP contribution >= 0.6 is 11.8 Å². The lowest BCUT2D eigenvalue weighted by atomic mass is 9.99. The molecule has 2 aromatic rings. The van der Waals surface area contributed by atoms with E-state index in [1.54, 1.807) is 18.9 Å². The fourth-order valence-corrected chi connectivity index (χ4v) is 2.55. The number of rotatable bonds is 5. The molecule has 1 unspecified atom stereocenters. The molecule has 3 heteroatoms. The summed E-state index contributed by atoms with van der Waals surface area (Å²) in [5, 5.41) is 3.36. The third-order valence-electron chi connectivity index (χ3n) is 3.16. The highest BCUT2D eigenvalue weighted by molar-refractivity contribution is 7.98. The molecule has 100 valence electrons. The number of methoxy groups -OCH3 is 1. The van der Waals surface area contributed by atoms with Crippen molar-refractivity contribution in [3.05, 3.63) is 59.7 Å². The molecule has 2 rings (SSSR count). The predicted molar refractivity (Wildman–Crippen MR) is 82.1 cm³/mol. The molecule has 2 aromatic carbocycles. The molecule has 1 atom stereocenters. The molecule has 0 bridgehead atoms. The van der Waals surface area contributed by atoms with E-state index >= 15 is 0 Å². The summed E-state index contributed by atoms with van der Waals surface area (Å²) in [6, 6.07) is 17.0. The second-order valence-corrected chi connectivity index (χ2v) is 5.15. The number of nitrogens with one attached hydrogen (secondary N) is 1. The quantitative estimate of drug-likeness (QED) is 0.839. The minimum absolute atomic E-state index is 0.186. The lowest BCUT2D eigenvalue weighted by Crippen LogP contribution is -2.17. The minimum atomic E-state index is 0.186. The number of hydrogen-bond acceptors (Lipinski definition) is 3. The van der Waals surface area contributed by atoms with Crippen LogP contribution < -0.4 is 10.1 Å². The fourth-order valence-electron chi connectivity index (χ4n) is 2.14. The Kier molecular flexibility index (Phi) is 4.88. The van der Waals surface area contributed by atoms with Crippen molar-refractivity contribution in [2.75, 3.05) is 20.4 Å². The summed E-state index contributed by atoms with van der Waals surface area (Å²) in [4.78, 5) is 1.28. The van der Waals surface area contributed by atoms with E-state index in [0.29, 0.717) is 0 Å². The Morgan fingerprint density at radius 3 is 2.37 bits per heavy atom. The van der Waals surface area contributed by atoms with E-state index in [1.165, 1.54) is 16.0 Å². The molecule has 0 radical (unpaired) electrons. The van der Waals surface area contributed by atoms with E-state index in [1.807, 2.05) is 19.2 Å². The molecular formula is C16H19NOS. The van der Waals surface area contributed by atoms with Crippen LogP contribution in [0.3, 0.4) is 0 Å². The molecule has 19 heavy (non-hydrogen) atoms. The molecule has 2 nitrogen and oxygen atoms in total. The van der Waals surface area contributed by atoms with Gasteiger partial charge >= 0.3 is 0 Å². The van der Waals surface area contributed by atoms with Gasteiger partial charge in [0.15, 0.2) is 0 Å². The molecule has 0 saturated heterocycles. The Morgan fingerprint density at radius 2 is 1.79 bits per heavy atom. The summed E-state index contributed by atoms with van der Waals surface area (Å²) < 4.78 is 5.29. The highest BCUT2D eigenvalue weighted by atomic mass is 32.2. The van der Waals surface area contributed by atoms with Crippen LogP contribution in [-0.2, 0) is 0 Å². The monoisotopic (exact) mass is 273 g/mol. The van der Waals surface area contributed by atoms with Crippen LogP contribution in [-0.4, -0.2) is 20.4 Å². The van der Waals surface area contributed by atoms with Gasteiger partial charge in [0.2, 0.25) is 0 Å². The smallest absolute Gasteiger partial charge is 0.119 e. The number of thioether (sulfide) groups is 1. The summed E-state index contributed by atoms with van der Waals surface area (Å²) in [6.07, 6.45) is 2.09. The minimum Gasteiger partial charge on any atom is -0.497 e. The summed E-state index contributed by atoms with van der Waals surface area (Å²) >= 11 is 1.76. The Morgan fingerprint density at radius 1 is 1.05 bits per heavy atom. The van der Waals surface area contributed by atoms with E-state index in [9.17, 15) is 0 Å². The Labute approximate surface area is 119 Å². The second kappa shape index (κ2) is 6.64. The molecule has 0 fully saturated rings. The third kappa shape index (κ3) is 3.31. The average Bonchev–Trinajstić information content (AvgIpc) is 2.49. The second-order valence-electron chi connectivity index (χ2n) is 4.27. The molecule has 0 spiro atoms. The van der Waals surface area contributed by atoms with E-state index < -0.39 is 0 Å². The molecular weight excluding hydrogens is 254 g/mol. The van der Waals surface area contributed by atoms with Gasteiger partial charge in [-0.2, -0.15) is 0 Å². The van der Waals surface area contributed by atoms with Crippen molar-refractivity contribution in [3.8, 4) is 5.75 Å². The van der Waals surface area contributed by atoms with Crippen LogP contribution in [0.2, 0.25) is 0 Å². The maximum atomic E-state index is 5.29. The van der Waals surface area contributed by atoms with Crippen molar-refractivity contribution < 1.29 is 4.74 Å². The highest BCUT2D eigenvalue weighted by Crippen LogP contribution is 2.26. The Bertz CT molecular complexity index is 525. The predicted octanol–water partition coefficient (Wildman–Crippen LogP) is 3.73. The van der Waals surface area contributed by atoms with Crippen molar-refractivity contribution in [2.24, 2.45) is 0 Å². The van der Waals surface area contributed by atoms with Crippen LogP contribution in [0.5, 0.6) is 5.75 Å². The lowest BCUT2D eigenvalue weighted by molar-refractivity contribution is 0.414. The van der Waals surface area contributed by atoms with Crippen LogP contribution in [0, 0.1) is 0 Å². The van der Waals surface area contributed by atoms with Gasteiger partial charge < -0.3 is 10.1 Å². The SMILES string of the molecule is CNC(c1ccc(SC)cc1)c1cccc(OC)c1. The Hall–Kier alpha value is -1.45. The summed E-state index contributed by atoms with van der Waals surface area (Å²) in [6.45, 7) is 0. The first-order chi connectivity index (χ1) is 9.28. The first-order valence-electron chi connectivity index (χ1n) is 6.23. The van der Waals surface area contributed by atoms with Gasteiger partial charge in [0.25, 0.3) is 0 Å². The number of hydrogen-bond donors (Lipinski definition) is 1. The van der Waals surface area contributed by atoms with Crippen molar-refractivity contribution in [1.29, 1.82) is 0 Å². The van der Waals surface area contributed by atoms with Crippen LogP contribution in [0.25, 0.3) is 0 Å². The molecule has 0 aliphatic rings. The normalized spacial score (nSPS) is 12.2. The summed E-state index contributed by atoms with van der Waals surface area (Å²) in [5.41, 5.74) is 2.47. The number of benzene rings is 2. The standard InChI is InChI=1S/C16H19NOS/c1-17-16(12-7-9-15(19-3)10-8-12)13-5-4-6-14(11-13)18-2/h4-11,16-17H,1-3H3. The molecule has 0 saturated carbocycles.